The van der Waals surface area contributed by atoms with E-state index in [2.05, 4.69) is 5.32 Å². The Labute approximate surface area is 175 Å². The minimum absolute atomic E-state index is 0.0984. The molecular formula is C23H25N3O4. The Morgan fingerprint density at radius 2 is 1.93 bits per heavy atom. The van der Waals surface area contributed by atoms with Gasteiger partial charge in [0.05, 0.1) is 18.2 Å². The van der Waals surface area contributed by atoms with E-state index in [9.17, 15) is 14.4 Å². The van der Waals surface area contributed by atoms with E-state index in [0.717, 1.165) is 12.1 Å². The zero-order valence-corrected chi connectivity index (χ0v) is 17.0. The zero-order chi connectivity index (χ0) is 21.1. The highest BCUT2D eigenvalue weighted by Crippen LogP contribution is 2.33. The Hall–Kier alpha value is -3.35. The molecule has 7 nitrogen and oxygen atoms in total. The fourth-order valence-electron chi connectivity index (χ4n) is 3.99. The minimum Gasteiger partial charge on any atom is -0.492 e. The maximum atomic E-state index is 12.8. The molecule has 2 saturated heterocycles. The zero-order valence-electron chi connectivity index (χ0n) is 17.0. The third kappa shape index (κ3) is 4.01. The topological polar surface area (TPSA) is 79.0 Å². The molecule has 0 aliphatic carbocycles. The first-order valence-corrected chi connectivity index (χ1v) is 10.3. The largest absolute Gasteiger partial charge is 0.492 e. The molecule has 0 radical (unpaired) electrons. The molecule has 0 saturated carbocycles. The van der Waals surface area contributed by atoms with Gasteiger partial charge >= 0.3 is 0 Å². The van der Waals surface area contributed by atoms with Crippen LogP contribution < -0.4 is 19.9 Å². The van der Waals surface area contributed by atoms with Gasteiger partial charge in [-0.2, -0.15) is 0 Å². The molecule has 30 heavy (non-hydrogen) atoms. The molecule has 7 heteroatoms. The van der Waals surface area contributed by atoms with Crippen LogP contribution in [0, 0.1) is 5.92 Å². The molecule has 0 spiro atoms. The predicted molar refractivity (Wildman–Crippen MR) is 115 cm³/mol. The summed E-state index contributed by atoms with van der Waals surface area (Å²) in [6.45, 7) is 3.39. The number of rotatable bonds is 6. The fraction of sp³-hybridized carbons (Fsp3) is 0.348. The van der Waals surface area contributed by atoms with E-state index in [1.165, 1.54) is 0 Å². The summed E-state index contributed by atoms with van der Waals surface area (Å²) in [6.07, 6.45) is 1.55. The van der Waals surface area contributed by atoms with Crippen molar-refractivity contribution in [3.8, 4) is 5.75 Å². The lowest BCUT2D eigenvalue weighted by molar-refractivity contribution is -0.122. The number of carbonyl (C=O) groups is 3. The van der Waals surface area contributed by atoms with Crippen LogP contribution in [0.4, 0.5) is 17.1 Å². The molecule has 2 fully saturated rings. The Balaban J connectivity index is 1.45. The maximum Gasteiger partial charge on any atom is 0.229 e. The molecule has 0 unspecified atom stereocenters. The van der Waals surface area contributed by atoms with Crippen molar-refractivity contribution in [1.82, 2.24) is 0 Å². The summed E-state index contributed by atoms with van der Waals surface area (Å²) >= 11 is 0. The van der Waals surface area contributed by atoms with Gasteiger partial charge in [-0.05, 0) is 43.7 Å². The van der Waals surface area contributed by atoms with E-state index in [1.807, 2.05) is 43.3 Å². The standard InChI is InChI=1S/C23H25N3O4/c1-2-30-20-10-4-3-9-19(20)26-15-16(13-22(26)28)23(29)24-17-7-5-8-18(14-17)25-12-6-11-21(25)27/h3-5,7-10,14,16H,2,6,11-13,15H2,1H3,(H,24,29)/t16-/m1/s1. The van der Waals surface area contributed by atoms with E-state index in [1.54, 1.807) is 21.9 Å². The Bertz CT molecular complexity index is 974. The molecule has 1 atom stereocenters. The van der Waals surface area contributed by atoms with Gasteiger partial charge in [0.15, 0.2) is 0 Å². The molecule has 3 amide bonds. The number of nitrogens with one attached hydrogen (secondary N) is 1. The van der Waals surface area contributed by atoms with Gasteiger partial charge in [0.25, 0.3) is 0 Å². The van der Waals surface area contributed by atoms with E-state index < -0.39 is 5.92 Å². The van der Waals surface area contributed by atoms with Gasteiger partial charge < -0.3 is 19.9 Å². The number of anilines is 3. The molecule has 0 bridgehead atoms. The first kappa shape index (κ1) is 19.9. The second-order valence-corrected chi connectivity index (χ2v) is 7.49. The fourth-order valence-corrected chi connectivity index (χ4v) is 3.99. The Kier molecular flexibility index (Phi) is 5.70. The van der Waals surface area contributed by atoms with E-state index >= 15 is 0 Å². The van der Waals surface area contributed by atoms with Crippen molar-refractivity contribution in [2.75, 3.05) is 34.8 Å². The van der Waals surface area contributed by atoms with Crippen LogP contribution in [0.2, 0.25) is 0 Å². The van der Waals surface area contributed by atoms with Gasteiger partial charge in [-0.3, -0.25) is 14.4 Å². The van der Waals surface area contributed by atoms with Crippen LogP contribution in [0.1, 0.15) is 26.2 Å². The smallest absolute Gasteiger partial charge is 0.229 e. The normalized spacial score (nSPS) is 18.8. The summed E-state index contributed by atoms with van der Waals surface area (Å²) in [5, 5.41) is 2.91. The summed E-state index contributed by atoms with van der Waals surface area (Å²) in [4.78, 5) is 40.8. The Morgan fingerprint density at radius 1 is 1.10 bits per heavy atom. The van der Waals surface area contributed by atoms with Crippen LogP contribution in [-0.2, 0) is 14.4 Å². The van der Waals surface area contributed by atoms with Crippen molar-refractivity contribution in [1.29, 1.82) is 0 Å². The number of para-hydroxylation sites is 2. The quantitative estimate of drug-likeness (QED) is 0.798. The van der Waals surface area contributed by atoms with Gasteiger partial charge in [-0.1, -0.05) is 18.2 Å². The highest BCUT2D eigenvalue weighted by Gasteiger charge is 2.36. The molecule has 156 valence electrons. The summed E-state index contributed by atoms with van der Waals surface area (Å²) < 4.78 is 5.63. The third-order valence-electron chi connectivity index (χ3n) is 5.45. The molecule has 2 heterocycles. The molecular weight excluding hydrogens is 382 g/mol. The van der Waals surface area contributed by atoms with Gasteiger partial charge in [0.1, 0.15) is 5.75 Å². The lowest BCUT2D eigenvalue weighted by Gasteiger charge is -2.20. The summed E-state index contributed by atoms with van der Waals surface area (Å²) in [5.74, 6) is -0.0199. The van der Waals surface area contributed by atoms with Gasteiger partial charge in [0.2, 0.25) is 17.7 Å². The lowest BCUT2D eigenvalue weighted by Crippen LogP contribution is -2.28. The highest BCUT2D eigenvalue weighted by atomic mass is 16.5. The SMILES string of the molecule is CCOc1ccccc1N1C[C@H](C(=O)Nc2cccc(N3CCCC3=O)c2)CC1=O. The molecule has 2 aliphatic heterocycles. The first-order valence-electron chi connectivity index (χ1n) is 10.3. The van der Waals surface area contributed by atoms with Gasteiger partial charge in [0, 0.05) is 37.3 Å². The molecule has 0 aromatic heterocycles. The number of benzene rings is 2. The summed E-state index contributed by atoms with van der Waals surface area (Å²) in [6, 6.07) is 14.7. The first-order chi connectivity index (χ1) is 14.6. The highest BCUT2D eigenvalue weighted by molar-refractivity contribution is 6.04. The van der Waals surface area contributed by atoms with E-state index in [4.69, 9.17) is 4.74 Å². The monoisotopic (exact) mass is 407 g/mol. The number of amides is 3. The minimum atomic E-state index is -0.454. The van der Waals surface area contributed by atoms with Crippen molar-refractivity contribution >= 4 is 34.8 Å². The number of nitrogens with zero attached hydrogens (tertiary/aromatic N) is 2. The van der Waals surface area contributed by atoms with Crippen molar-refractivity contribution in [2.24, 2.45) is 5.92 Å². The van der Waals surface area contributed by atoms with Crippen molar-refractivity contribution in [3.63, 3.8) is 0 Å². The van der Waals surface area contributed by atoms with Crippen LogP contribution in [0.15, 0.2) is 48.5 Å². The third-order valence-corrected chi connectivity index (χ3v) is 5.45. The average Bonchev–Trinajstić information content (AvgIpc) is 3.34. The van der Waals surface area contributed by atoms with Gasteiger partial charge in [-0.15, -0.1) is 0 Å². The average molecular weight is 407 g/mol. The van der Waals surface area contributed by atoms with Crippen molar-refractivity contribution < 1.29 is 19.1 Å². The second kappa shape index (κ2) is 8.57. The molecule has 2 aromatic carbocycles. The Morgan fingerprint density at radius 3 is 2.70 bits per heavy atom. The molecule has 1 N–H and O–H groups in total. The van der Waals surface area contributed by atoms with Crippen molar-refractivity contribution in [3.05, 3.63) is 48.5 Å². The number of hydrogen-bond donors (Lipinski definition) is 1. The lowest BCUT2D eigenvalue weighted by atomic mass is 10.1. The summed E-state index contributed by atoms with van der Waals surface area (Å²) in [5.41, 5.74) is 2.09. The van der Waals surface area contributed by atoms with Crippen LogP contribution in [0.5, 0.6) is 5.75 Å². The number of ether oxygens (including phenoxy) is 1. The number of hydrogen-bond acceptors (Lipinski definition) is 4. The van der Waals surface area contributed by atoms with Crippen molar-refractivity contribution in [2.45, 2.75) is 26.2 Å². The van der Waals surface area contributed by atoms with Crippen LogP contribution in [-0.4, -0.2) is 37.4 Å². The van der Waals surface area contributed by atoms with Gasteiger partial charge in [-0.25, -0.2) is 0 Å². The number of carbonyl (C=O) groups excluding carboxylic acids is 3. The molecule has 2 aromatic rings. The second-order valence-electron chi connectivity index (χ2n) is 7.49. The maximum absolute atomic E-state index is 12.8. The summed E-state index contributed by atoms with van der Waals surface area (Å²) in [7, 11) is 0. The molecule has 4 rings (SSSR count). The predicted octanol–water partition coefficient (Wildman–Crippen LogP) is 3.20. The molecule has 2 aliphatic rings. The van der Waals surface area contributed by atoms with E-state index in [0.29, 0.717) is 43.2 Å². The van der Waals surface area contributed by atoms with E-state index in [-0.39, 0.29) is 24.1 Å². The van der Waals surface area contributed by atoms with Crippen LogP contribution >= 0.6 is 0 Å². The van der Waals surface area contributed by atoms with Crippen LogP contribution in [0.3, 0.4) is 0 Å². The van der Waals surface area contributed by atoms with Crippen LogP contribution in [0.25, 0.3) is 0 Å².